The molecule has 0 radical (unpaired) electrons. The number of hydrogen-bond acceptors (Lipinski definition) is 3. The van der Waals surface area contributed by atoms with E-state index in [1.54, 1.807) is 0 Å². The van der Waals surface area contributed by atoms with Gasteiger partial charge in [-0.25, -0.2) is 0 Å². The lowest BCUT2D eigenvalue weighted by molar-refractivity contribution is -0.164. The fourth-order valence-electron chi connectivity index (χ4n) is 7.51. The minimum absolute atomic E-state index is 0.441. The van der Waals surface area contributed by atoms with Gasteiger partial charge in [0.1, 0.15) is 0 Å². The van der Waals surface area contributed by atoms with Gasteiger partial charge >= 0.3 is 0 Å². The molecule has 1 aliphatic heterocycles. The quantitative estimate of drug-likeness (QED) is 0.616. The number of hydrazine groups is 1. The Bertz CT molecular complexity index is 386. The topological polar surface area (TPSA) is 47.3 Å². The van der Waals surface area contributed by atoms with Gasteiger partial charge < -0.3 is 4.74 Å². The van der Waals surface area contributed by atoms with E-state index >= 15 is 0 Å². The summed E-state index contributed by atoms with van der Waals surface area (Å²) in [5.41, 5.74) is 4.84. The fourth-order valence-corrected chi connectivity index (χ4v) is 7.51. The average molecular weight is 278 g/mol. The second-order valence-electron chi connectivity index (χ2n) is 9.26. The monoisotopic (exact) mass is 278 g/mol. The summed E-state index contributed by atoms with van der Waals surface area (Å²) in [6, 6.07) is 0.465. The zero-order valence-corrected chi connectivity index (χ0v) is 13.1. The highest BCUT2D eigenvalue weighted by molar-refractivity contribution is 5.14. The summed E-state index contributed by atoms with van der Waals surface area (Å²) < 4.78 is 5.66. The minimum Gasteiger partial charge on any atom is -0.381 e. The van der Waals surface area contributed by atoms with Crippen molar-refractivity contribution in [3.05, 3.63) is 0 Å². The third-order valence-corrected chi connectivity index (χ3v) is 6.94. The van der Waals surface area contributed by atoms with E-state index in [4.69, 9.17) is 10.6 Å². The standard InChI is InChI=1S/C17H30N2O/c1-15-5-12-6-16(2,9-15)11-17(7-12,10-15)14(19-18)13-3-4-20-8-13/h12-14,19H,3-11,18H2,1-2H3. The van der Waals surface area contributed by atoms with Crippen molar-refractivity contribution in [2.75, 3.05) is 13.2 Å². The molecule has 3 nitrogen and oxygen atoms in total. The van der Waals surface area contributed by atoms with E-state index in [9.17, 15) is 0 Å². The smallest absolute Gasteiger partial charge is 0.0510 e. The molecule has 3 heteroatoms. The third kappa shape index (κ3) is 1.89. The van der Waals surface area contributed by atoms with Gasteiger partial charge in [0.2, 0.25) is 0 Å². The van der Waals surface area contributed by atoms with Crippen LogP contribution in [0.2, 0.25) is 0 Å². The fraction of sp³-hybridized carbons (Fsp3) is 1.00. The second kappa shape index (κ2) is 4.21. The van der Waals surface area contributed by atoms with Crippen molar-refractivity contribution in [3.63, 3.8) is 0 Å². The molecule has 4 unspecified atom stereocenters. The lowest BCUT2D eigenvalue weighted by Crippen LogP contribution is -2.64. The normalized spacial score (nSPS) is 55.4. The van der Waals surface area contributed by atoms with Crippen LogP contribution in [-0.4, -0.2) is 19.3 Å². The molecule has 5 aliphatic rings. The Morgan fingerprint density at radius 1 is 1.10 bits per heavy atom. The number of rotatable bonds is 3. The molecule has 0 spiro atoms. The maximum Gasteiger partial charge on any atom is 0.0510 e. The summed E-state index contributed by atoms with van der Waals surface area (Å²) in [6.45, 7) is 6.93. The molecule has 5 fully saturated rings. The summed E-state index contributed by atoms with van der Waals surface area (Å²) in [6.07, 6.45) is 9.73. The number of ether oxygens (including phenoxy) is 1. The summed E-state index contributed by atoms with van der Waals surface area (Å²) in [7, 11) is 0. The lowest BCUT2D eigenvalue weighted by Gasteiger charge is -2.67. The number of nitrogens with one attached hydrogen (secondary N) is 1. The van der Waals surface area contributed by atoms with Crippen molar-refractivity contribution >= 4 is 0 Å². The van der Waals surface area contributed by atoms with Crippen molar-refractivity contribution in [1.82, 2.24) is 5.43 Å². The predicted octanol–water partition coefficient (Wildman–Crippen LogP) is 2.85. The Morgan fingerprint density at radius 3 is 2.30 bits per heavy atom. The molecule has 0 aromatic heterocycles. The number of hydrogen-bond donors (Lipinski definition) is 2. The van der Waals surface area contributed by atoms with Crippen molar-refractivity contribution in [1.29, 1.82) is 0 Å². The van der Waals surface area contributed by atoms with E-state index in [0.717, 1.165) is 19.1 Å². The number of nitrogens with two attached hydrogens (primary N) is 1. The molecule has 0 aromatic carbocycles. The molecule has 4 saturated carbocycles. The van der Waals surface area contributed by atoms with Crippen LogP contribution in [0.5, 0.6) is 0 Å². The molecule has 20 heavy (non-hydrogen) atoms. The van der Waals surface area contributed by atoms with E-state index < -0.39 is 0 Å². The molecular weight excluding hydrogens is 248 g/mol. The SMILES string of the molecule is CC12CC3CC(C)(C1)CC(C(NN)C1CCOC1)(C3)C2. The van der Waals surface area contributed by atoms with Gasteiger partial charge in [-0.1, -0.05) is 13.8 Å². The molecule has 1 saturated heterocycles. The van der Waals surface area contributed by atoms with Crippen LogP contribution in [0.4, 0.5) is 0 Å². The van der Waals surface area contributed by atoms with Gasteiger partial charge in [-0.05, 0) is 67.1 Å². The van der Waals surface area contributed by atoms with Gasteiger partial charge in [0.25, 0.3) is 0 Å². The Morgan fingerprint density at radius 2 is 1.80 bits per heavy atom. The summed E-state index contributed by atoms with van der Waals surface area (Å²) in [5, 5.41) is 0. The van der Waals surface area contributed by atoms with Crippen LogP contribution in [0.15, 0.2) is 0 Å². The molecule has 3 N–H and O–H groups in total. The summed E-state index contributed by atoms with van der Waals surface area (Å²) in [5.74, 6) is 7.63. The maximum absolute atomic E-state index is 6.05. The van der Waals surface area contributed by atoms with E-state index in [2.05, 4.69) is 19.3 Å². The predicted molar refractivity (Wildman–Crippen MR) is 79.9 cm³/mol. The van der Waals surface area contributed by atoms with Crippen molar-refractivity contribution in [2.45, 2.75) is 64.8 Å². The zero-order chi connectivity index (χ0) is 14.0. The van der Waals surface area contributed by atoms with E-state index in [-0.39, 0.29) is 0 Å². The van der Waals surface area contributed by atoms with Crippen molar-refractivity contribution in [3.8, 4) is 0 Å². The van der Waals surface area contributed by atoms with E-state index in [0.29, 0.717) is 28.2 Å². The summed E-state index contributed by atoms with van der Waals surface area (Å²) in [4.78, 5) is 0. The molecule has 4 bridgehead atoms. The highest BCUT2D eigenvalue weighted by Gasteiger charge is 2.62. The van der Waals surface area contributed by atoms with Crippen LogP contribution in [0.25, 0.3) is 0 Å². The van der Waals surface area contributed by atoms with Crippen LogP contribution in [0.1, 0.15) is 58.8 Å². The first-order valence-corrected chi connectivity index (χ1v) is 8.50. The first-order chi connectivity index (χ1) is 9.46. The largest absolute Gasteiger partial charge is 0.381 e. The van der Waals surface area contributed by atoms with E-state index in [1.165, 1.54) is 44.9 Å². The first kappa shape index (κ1) is 13.5. The van der Waals surface area contributed by atoms with Gasteiger partial charge in [-0.3, -0.25) is 11.3 Å². The van der Waals surface area contributed by atoms with Crippen LogP contribution in [0.3, 0.4) is 0 Å². The molecule has 1 heterocycles. The average Bonchev–Trinajstić information content (AvgIpc) is 2.77. The second-order valence-corrected chi connectivity index (χ2v) is 9.26. The summed E-state index contributed by atoms with van der Waals surface area (Å²) >= 11 is 0. The lowest BCUT2D eigenvalue weighted by atomic mass is 9.38. The van der Waals surface area contributed by atoms with Crippen LogP contribution >= 0.6 is 0 Å². The Labute approximate surface area is 123 Å². The zero-order valence-electron chi connectivity index (χ0n) is 13.1. The van der Waals surface area contributed by atoms with Gasteiger partial charge in [0.15, 0.2) is 0 Å². The van der Waals surface area contributed by atoms with Crippen LogP contribution in [0, 0.1) is 28.1 Å². The Kier molecular flexibility index (Phi) is 2.85. The maximum atomic E-state index is 6.05. The van der Waals surface area contributed by atoms with Crippen LogP contribution < -0.4 is 11.3 Å². The molecule has 5 rings (SSSR count). The van der Waals surface area contributed by atoms with Gasteiger partial charge in [-0.2, -0.15) is 0 Å². The highest BCUT2D eigenvalue weighted by atomic mass is 16.5. The third-order valence-electron chi connectivity index (χ3n) is 6.94. The minimum atomic E-state index is 0.441. The first-order valence-electron chi connectivity index (χ1n) is 8.50. The molecule has 4 atom stereocenters. The molecule has 0 aromatic rings. The molecular formula is C17H30N2O. The van der Waals surface area contributed by atoms with Gasteiger partial charge in [0, 0.05) is 18.6 Å². The molecule has 0 amide bonds. The van der Waals surface area contributed by atoms with Crippen molar-refractivity contribution in [2.24, 2.45) is 33.9 Å². The highest BCUT2D eigenvalue weighted by Crippen LogP contribution is 2.70. The Hall–Kier alpha value is -0.120. The van der Waals surface area contributed by atoms with Crippen LogP contribution in [-0.2, 0) is 4.74 Å². The van der Waals surface area contributed by atoms with Gasteiger partial charge in [0.05, 0.1) is 6.61 Å². The Balaban J connectivity index is 1.68. The molecule has 114 valence electrons. The molecule has 4 aliphatic carbocycles. The van der Waals surface area contributed by atoms with Crippen molar-refractivity contribution < 1.29 is 4.74 Å². The van der Waals surface area contributed by atoms with E-state index in [1.807, 2.05) is 0 Å². The van der Waals surface area contributed by atoms with Gasteiger partial charge in [-0.15, -0.1) is 0 Å².